The fourth-order valence-electron chi connectivity index (χ4n) is 1.72. The van der Waals surface area contributed by atoms with Crippen LogP contribution in [0.15, 0.2) is 0 Å². The predicted octanol–water partition coefficient (Wildman–Crippen LogP) is -3.01. The van der Waals surface area contributed by atoms with E-state index >= 15 is 0 Å². The number of carbonyl (C=O) groups excluding carboxylic acids is 2. The van der Waals surface area contributed by atoms with E-state index in [4.69, 9.17) is 14.9 Å². The molecule has 1 saturated heterocycles. The lowest BCUT2D eigenvalue weighted by atomic mass is 9.89. The molecule has 0 amide bonds. The summed E-state index contributed by atoms with van der Waals surface area (Å²) in [6.45, 7) is -0.611. The van der Waals surface area contributed by atoms with E-state index in [1.54, 1.807) is 0 Å². The van der Waals surface area contributed by atoms with E-state index in [0.29, 0.717) is 0 Å². The molecule has 0 radical (unpaired) electrons. The van der Waals surface area contributed by atoms with Gasteiger partial charge in [0.1, 0.15) is 18.3 Å². The number of aliphatic hydroxyl groups excluding tert-OH is 4. The summed E-state index contributed by atoms with van der Waals surface area (Å²) >= 11 is 0. The number of ketones is 2. The van der Waals surface area contributed by atoms with Crippen LogP contribution in [0.25, 0.3) is 0 Å². The van der Waals surface area contributed by atoms with Gasteiger partial charge < -0.3 is 25.2 Å². The molecule has 0 aliphatic carbocycles. The maximum absolute atomic E-state index is 11.5. The third kappa shape index (κ3) is 1.76. The van der Waals surface area contributed by atoms with Gasteiger partial charge >= 0.3 is 0 Å². The highest BCUT2D eigenvalue weighted by molar-refractivity contribution is 6.39. The maximum atomic E-state index is 11.5. The molecule has 1 unspecified atom stereocenters. The van der Waals surface area contributed by atoms with Crippen molar-refractivity contribution in [2.45, 2.75) is 30.8 Å². The summed E-state index contributed by atoms with van der Waals surface area (Å²) in [4.78, 5) is 22.5. The van der Waals surface area contributed by atoms with Crippen LogP contribution in [0.5, 0.6) is 0 Å². The van der Waals surface area contributed by atoms with Crippen molar-refractivity contribution in [1.82, 2.24) is 0 Å². The topological polar surface area (TPSA) is 124 Å². The van der Waals surface area contributed by atoms with Gasteiger partial charge in [0.2, 0.25) is 5.78 Å². The van der Waals surface area contributed by atoms with Gasteiger partial charge in [0.05, 0.1) is 13.2 Å². The average Bonchev–Trinajstić information content (AvgIpc) is 2.52. The largest absolute Gasteiger partial charge is 0.394 e. The molecular formula is C9H14O7. The number of ether oxygens (including phenoxy) is 1. The number of aliphatic hydroxyl groups is 4. The average molecular weight is 234 g/mol. The lowest BCUT2D eigenvalue weighted by molar-refractivity contribution is -0.165. The zero-order valence-corrected chi connectivity index (χ0v) is 8.66. The zero-order valence-electron chi connectivity index (χ0n) is 8.66. The minimum Gasteiger partial charge on any atom is -0.394 e. The Morgan fingerprint density at radius 1 is 1.31 bits per heavy atom. The first kappa shape index (κ1) is 13.2. The molecule has 1 fully saturated rings. The molecule has 0 saturated carbocycles. The van der Waals surface area contributed by atoms with Crippen LogP contribution in [-0.2, 0) is 14.3 Å². The molecule has 7 heteroatoms. The minimum atomic E-state index is -2.17. The molecule has 0 spiro atoms. The normalized spacial score (nSPS) is 38.7. The van der Waals surface area contributed by atoms with E-state index in [1.165, 1.54) is 0 Å². The van der Waals surface area contributed by atoms with E-state index < -0.39 is 48.7 Å². The Bertz CT molecular complexity index is 302. The first-order chi connectivity index (χ1) is 7.40. The third-order valence-electron chi connectivity index (χ3n) is 2.66. The maximum Gasteiger partial charge on any atom is 0.234 e. The molecule has 4 atom stereocenters. The molecule has 0 aromatic heterocycles. The summed E-state index contributed by atoms with van der Waals surface area (Å²) in [6.07, 6.45) is -4.48. The summed E-state index contributed by atoms with van der Waals surface area (Å²) in [5, 5.41) is 37.0. The summed E-state index contributed by atoms with van der Waals surface area (Å²) in [5.41, 5.74) is -2.17. The molecule has 0 aromatic carbocycles. The van der Waals surface area contributed by atoms with Crippen LogP contribution in [0, 0.1) is 0 Å². The molecular weight excluding hydrogens is 220 g/mol. The van der Waals surface area contributed by atoms with Crippen LogP contribution in [0.2, 0.25) is 0 Å². The van der Waals surface area contributed by atoms with Gasteiger partial charge in [-0.05, 0) is 0 Å². The van der Waals surface area contributed by atoms with Gasteiger partial charge in [0.25, 0.3) is 0 Å². The molecule has 4 N–H and O–H groups in total. The minimum absolute atomic E-state index is 0.634. The Kier molecular flexibility index (Phi) is 3.76. The molecule has 0 bridgehead atoms. The standard InChI is InChI=1S/C9H14O7/c1-4(12)7(14)9(3-11)8(15)6(13)5(2-10)16-9/h5-6,8,10-11,13,15H,2-3H2,1H3/t5-,6-,8+,9?/m1/s1. The molecule has 92 valence electrons. The van der Waals surface area contributed by atoms with Crippen molar-refractivity contribution in [2.24, 2.45) is 0 Å². The van der Waals surface area contributed by atoms with Gasteiger partial charge in [-0.15, -0.1) is 0 Å². The molecule has 1 aliphatic rings. The van der Waals surface area contributed by atoms with Gasteiger partial charge in [-0.25, -0.2) is 0 Å². The number of rotatable bonds is 4. The zero-order chi connectivity index (χ0) is 12.5. The molecule has 16 heavy (non-hydrogen) atoms. The van der Waals surface area contributed by atoms with E-state index in [0.717, 1.165) is 6.92 Å². The Hall–Kier alpha value is -0.860. The van der Waals surface area contributed by atoms with E-state index in [-0.39, 0.29) is 0 Å². The SMILES string of the molecule is CC(=O)C(=O)C1(CO)O[C@H](CO)[C@@H](O)[C@@H]1O. The summed E-state index contributed by atoms with van der Waals surface area (Å²) < 4.78 is 4.92. The van der Waals surface area contributed by atoms with Crippen LogP contribution in [0.3, 0.4) is 0 Å². The van der Waals surface area contributed by atoms with Crippen LogP contribution in [0.1, 0.15) is 6.92 Å². The molecule has 7 nitrogen and oxygen atoms in total. The highest BCUT2D eigenvalue weighted by Crippen LogP contribution is 2.32. The van der Waals surface area contributed by atoms with Crippen LogP contribution in [0.4, 0.5) is 0 Å². The number of hydrogen-bond donors (Lipinski definition) is 4. The monoisotopic (exact) mass is 234 g/mol. The lowest BCUT2D eigenvalue weighted by Gasteiger charge is -2.26. The second kappa shape index (κ2) is 4.56. The van der Waals surface area contributed by atoms with E-state index in [9.17, 15) is 19.8 Å². The molecule has 1 rings (SSSR count). The van der Waals surface area contributed by atoms with E-state index in [1.807, 2.05) is 0 Å². The van der Waals surface area contributed by atoms with Gasteiger partial charge in [-0.3, -0.25) is 9.59 Å². The fraction of sp³-hybridized carbons (Fsp3) is 0.778. The van der Waals surface area contributed by atoms with Crippen LogP contribution < -0.4 is 0 Å². The quantitative estimate of drug-likeness (QED) is 0.382. The Labute approximate surface area is 91.3 Å². The van der Waals surface area contributed by atoms with Crippen LogP contribution in [-0.4, -0.2) is 69.1 Å². The van der Waals surface area contributed by atoms with Crippen molar-refractivity contribution >= 4 is 11.6 Å². The Balaban J connectivity index is 3.06. The van der Waals surface area contributed by atoms with E-state index in [2.05, 4.69) is 0 Å². The van der Waals surface area contributed by atoms with Crippen molar-refractivity contribution in [3.05, 3.63) is 0 Å². The second-order valence-corrected chi connectivity index (χ2v) is 3.71. The predicted molar refractivity (Wildman–Crippen MR) is 49.5 cm³/mol. The number of hydrogen-bond acceptors (Lipinski definition) is 7. The number of Topliss-reactive ketones (excluding diaryl/α,β-unsaturated/α-hetero) is 2. The van der Waals surface area contributed by atoms with Crippen molar-refractivity contribution in [2.75, 3.05) is 13.2 Å². The highest BCUT2D eigenvalue weighted by atomic mass is 16.6. The summed E-state index contributed by atoms with van der Waals surface area (Å²) in [7, 11) is 0. The van der Waals surface area contributed by atoms with Crippen molar-refractivity contribution in [3.8, 4) is 0 Å². The first-order valence-electron chi connectivity index (χ1n) is 4.71. The first-order valence-corrected chi connectivity index (χ1v) is 4.71. The fourth-order valence-corrected chi connectivity index (χ4v) is 1.72. The molecule has 1 heterocycles. The van der Waals surface area contributed by atoms with Crippen molar-refractivity contribution in [1.29, 1.82) is 0 Å². The van der Waals surface area contributed by atoms with Gasteiger partial charge in [0, 0.05) is 6.92 Å². The van der Waals surface area contributed by atoms with Gasteiger partial charge in [-0.2, -0.15) is 0 Å². The lowest BCUT2D eigenvalue weighted by Crippen LogP contribution is -2.55. The molecule has 1 aliphatic heterocycles. The highest BCUT2D eigenvalue weighted by Gasteiger charge is 2.59. The summed E-state index contributed by atoms with van der Waals surface area (Å²) in [5.74, 6) is -2.03. The number of carbonyl (C=O) groups is 2. The molecule has 0 aromatic rings. The van der Waals surface area contributed by atoms with Crippen molar-refractivity contribution < 1.29 is 34.8 Å². The summed E-state index contributed by atoms with van der Waals surface area (Å²) in [6, 6.07) is 0. The van der Waals surface area contributed by atoms with Crippen LogP contribution >= 0.6 is 0 Å². The van der Waals surface area contributed by atoms with Gasteiger partial charge in [0.15, 0.2) is 11.4 Å². The van der Waals surface area contributed by atoms with Crippen molar-refractivity contribution in [3.63, 3.8) is 0 Å². The third-order valence-corrected chi connectivity index (χ3v) is 2.66. The second-order valence-electron chi connectivity index (χ2n) is 3.71. The smallest absolute Gasteiger partial charge is 0.234 e. The van der Waals surface area contributed by atoms with Gasteiger partial charge in [-0.1, -0.05) is 0 Å². The Morgan fingerprint density at radius 3 is 2.19 bits per heavy atom. The Morgan fingerprint density at radius 2 is 1.88 bits per heavy atom.